The van der Waals surface area contributed by atoms with Gasteiger partial charge in [-0.05, 0) is 69.3 Å². The number of halogens is 4. The largest absolute Gasteiger partial charge is 0.458 e. The Bertz CT molecular complexity index is 1230. The first-order chi connectivity index (χ1) is 17.0. The number of anilines is 2. The van der Waals surface area contributed by atoms with Crippen molar-refractivity contribution in [1.29, 1.82) is 0 Å². The SMILES string of the molecule is C=N/C(=C\C(=C/C)Oc1ccc(C)c(NC(=O)Nc2cc(C(F)(F)F)ccc2F)c1)NC(=O)C1CC1. The Hall–Kier alpha value is -4.15. The van der Waals surface area contributed by atoms with Crippen molar-refractivity contribution >= 4 is 30.0 Å². The van der Waals surface area contributed by atoms with E-state index in [4.69, 9.17) is 4.74 Å². The molecule has 0 bridgehead atoms. The number of amides is 3. The van der Waals surface area contributed by atoms with Crippen LogP contribution in [0.5, 0.6) is 5.75 Å². The molecule has 190 valence electrons. The first kappa shape index (κ1) is 26.5. The van der Waals surface area contributed by atoms with Crippen LogP contribution in [-0.2, 0) is 11.0 Å². The molecule has 1 aliphatic carbocycles. The van der Waals surface area contributed by atoms with Gasteiger partial charge in [0, 0.05) is 23.7 Å². The second-order valence-corrected chi connectivity index (χ2v) is 7.99. The number of alkyl halides is 3. The van der Waals surface area contributed by atoms with E-state index in [0.717, 1.165) is 12.8 Å². The lowest BCUT2D eigenvalue weighted by molar-refractivity contribution is -0.137. The summed E-state index contributed by atoms with van der Waals surface area (Å²) in [5.41, 5.74) is -0.823. The lowest BCUT2D eigenvalue weighted by atomic mass is 10.2. The topological polar surface area (TPSA) is 91.8 Å². The van der Waals surface area contributed by atoms with E-state index < -0.39 is 29.3 Å². The predicted octanol–water partition coefficient (Wildman–Crippen LogP) is 6.15. The summed E-state index contributed by atoms with van der Waals surface area (Å²) in [5.74, 6) is -0.327. The molecule has 0 radical (unpaired) electrons. The molecule has 3 N–H and O–H groups in total. The first-order valence-corrected chi connectivity index (χ1v) is 10.9. The Kier molecular flexibility index (Phi) is 8.13. The molecule has 2 aromatic carbocycles. The van der Waals surface area contributed by atoms with Gasteiger partial charge in [0.1, 0.15) is 23.1 Å². The second-order valence-electron chi connectivity index (χ2n) is 7.99. The number of hydrogen-bond acceptors (Lipinski definition) is 4. The number of urea groups is 1. The predicted molar refractivity (Wildman–Crippen MR) is 128 cm³/mol. The Balaban J connectivity index is 1.71. The van der Waals surface area contributed by atoms with Crippen molar-refractivity contribution in [1.82, 2.24) is 5.32 Å². The molecule has 0 aromatic heterocycles. The van der Waals surface area contributed by atoms with E-state index >= 15 is 0 Å². The van der Waals surface area contributed by atoms with Gasteiger partial charge >= 0.3 is 12.2 Å². The lowest BCUT2D eigenvalue weighted by Gasteiger charge is -2.14. The fraction of sp³-hybridized carbons (Fsp3) is 0.240. The number of benzene rings is 2. The summed E-state index contributed by atoms with van der Waals surface area (Å²) in [6.07, 6.45) is 0.0874. The van der Waals surface area contributed by atoms with Crippen LogP contribution in [0.2, 0.25) is 0 Å². The van der Waals surface area contributed by atoms with Crippen LogP contribution in [0.15, 0.2) is 65.1 Å². The minimum atomic E-state index is -4.69. The van der Waals surface area contributed by atoms with Gasteiger partial charge < -0.3 is 20.7 Å². The summed E-state index contributed by atoms with van der Waals surface area (Å²) in [7, 11) is 0. The molecule has 1 aliphatic rings. The van der Waals surface area contributed by atoms with Crippen LogP contribution in [0.1, 0.15) is 30.9 Å². The molecule has 1 fully saturated rings. The normalized spacial score (nSPS) is 14.2. The quantitative estimate of drug-likeness (QED) is 0.174. The summed E-state index contributed by atoms with van der Waals surface area (Å²) in [5, 5.41) is 7.24. The number of nitrogens with zero attached hydrogens (tertiary/aromatic N) is 1. The number of aryl methyl sites for hydroxylation is 1. The number of ether oxygens (including phenoxy) is 1. The highest BCUT2D eigenvalue weighted by atomic mass is 19.4. The molecule has 36 heavy (non-hydrogen) atoms. The van der Waals surface area contributed by atoms with E-state index in [1.165, 1.54) is 12.1 Å². The molecule has 0 aliphatic heterocycles. The van der Waals surface area contributed by atoms with Gasteiger partial charge in [-0.1, -0.05) is 6.07 Å². The zero-order valence-corrected chi connectivity index (χ0v) is 19.5. The molecular formula is C25H24F4N4O3. The van der Waals surface area contributed by atoms with E-state index in [9.17, 15) is 27.2 Å². The molecule has 11 heteroatoms. The summed E-state index contributed by atoms with van der Waals surface area (Å²) in [4.78, 5) is 28.2. The Morgan fingerprint density at radius 2 is 1.81 bits per heavy atom. The maximum Gasteiger partial charge on any atom is 0.416 e. The number of allylic oxidation sites excluding steroid dienone is 2. The van der Waals surface area contributed by atoms with Crippen molar-refractivity contribution in [2.24, 2.45) is 10.9 Å². The maximum atomic E-state index is 14.0. The van der Waals surface area contributed by atoms with Gasteiger partial charge in [-0.15, -0.1) is 0 Å². The molecule has 0 saturated heterocycles. The molecule has 0 heterocycles. The van der Waals surface area contributed by atoms with Crippen LogP contribution in [0.25, 0.3) is 0 Å². The smallest absolute Gasteiger partial charge is 0.416 e. The average Bonchev–Trinajstić information content (AvgIpc) is 3.66. The van der Waals surface area contributed by atoms with Crippen molar-refractivity contribution in [3.63, 3.8) is 0 Å². The molecule has 0 atom stereocenters. The molecule has 2 aromatic rings. The first-order valence-electron chi connectivity index (χ1n) is 10.9. The van der Waals surface area contributed by atoms with Crippen LogP contribution < -0.4 is 20.7 Å². The van der Waals surface area contributed by atoms with Crippen molar-refractivity contribution in [3.05, 3.63) is 77.1 Å². The van der Waals surface area contributed by atoms with Crippen LogP contribution in [0, 0.1) is 18.7 Å². The molecule has 3 amide bonds. The Labute approximate surface area is 204 Å². The summed E-state index contributed by atoms with van der Waals surface area (Å²) < 4.78 is 58.5. The van der Waals surface area contributed by atoms with Gasteiger partial charge in [0.2, 0.25) is 5.91 Å². The minimum Gasteiger partial charge on any atom is -0.458 e. The fourth-order valence-corrected chi connectivity index (χ4v) is 3.01. The average molecular weight is 504 g/mol. The van der Waals surface area contributed by atoms with E-state index in [1.807, 2.05) is 0 Å². The third-order valence-electron chi connectivity index (χ3n) is 5.17. The van der Waals surface area contributed by atoms with Crippen LogP contribution >= 0.6 is 0 Å². The zero-order chi connectivity index (χ0) is 26.5. The third-order valence-corrected chi connectivity index (χ3v) is 5.17. The van der Waals surface area contributed by atoms with Crippen molar-refractivity contribution in [2.45, 2.75) is 32.9 Å². The molecule has 7 nitrogen and oxygen atoms in total. The third kappa shape index (κ3) is 7.17. The zero-order valence-electron chi connectivity index (χ0n) is 19.5. The van der Waals surface area contributed by atoms with Crippen LogP contribution in [0.3, 0.4) is 0 Å². The summed E-state index contributed by atoms with van der Waals surface area (Å²) in [6.45, 7) is 6.84. The molecule has 1 saturated carbocycles. The van der Waals surface area contributed by atoms with Crippen LogP contribution in [-0.4, -0.2) is 18.7 Å². The van der Waals surface area contributed by atoms with Gasteiger partial charge in [-0.3, -0.25) is 4.79 Å². The van der Waals surface area contributed by atoms with Gasteiger partial charge in [0.05, 0.1) is 11.3 Å². The van der Waals surface area contributed by atoms with Crippen molar-refractivity contribution < 1.29 is 31.9 Å². The Morgan fingerprint density at radius 1 is 1.11 bits per heavy atom. The highest BCUT2D eigenvalue weighted by Gasteiger charge is 2.31. The molecular weight excluding hydrogens is 480 g/mol. The summed E-state index contributed by atoms with van der Waals surface area (Å²) in [6, 6.07) is 5.55. The van der Waals surface area contributed by atoms with E-state index in [0.29, 0.717) is 35.3 Å². The summed E-state index contributed by atoms with van der Waals surface area (Å²) >= 11 is 0. The number of hydrogen-bond donors (Lipinski definition) is 3. The second kappa shape index (κ2) is 11.1. The number of carbonyl (C=O) groups is 2. The Morgan fingerprint density at radius 3 is 2.42 bits per heavy atom. The monoisotopic (exact) mass is 504 g/mol. The van der Waals surface area contributed by atoms with Gasteiger partial charge in [-0.2, -0.15) is 13.2 Å². The number of rotatable bonds is 8. The maximum absolute atomic E-state index is 14.0. The number of carbonyl (C=O) groups excluding carboxylic acids is 2. The van der Waals surface area contributed by atoms with Crippen LogP contribution in [0.4, 0.5) is 33.7 Å². The standard InChI is InChI=1S/C25H24F4N4O3/c1-4-17(13-22(30-3)33-23(34)15-6-7-15)36-18-9-5-14(2)20(12-18)31-24(35)32-21-11-16(25(27,28)29)8-10-19(21)26/h4-5,8-13,15H,3,6-7H2,1-2H3,(H,33,34)(H2,31,32,35)/b17-4+,22-13+. The molecule has 3 rings (SSSR count). The number of aliphatic imine (C=N–C) groups is 1. The lowest BCUT2D eigenvalue weighted by Crippen LogP contribution is -2.23. The van der Waals surface area contributed by atoms with Crippen molar-refractivity contribution in [2.75, 3.05) is 10.6 Å². The highest BCUT2D eigenvalue weighted by Crippen LogP contribution is 2.32. The van der Waals surface area contributed by atoms with Crippen molar-refractivity contribution in [3.8, 4) is 5.75 Å². The molecule has 0 spiro atoms. The minimum absolute atomic E-state index is 0.0218. The highest BCUT2D eigenvalue weighted by molar-refractivity contribution is 6.00. The molecule has 0 unspecified atom stereocenters. The fourth-order valence-electron chi connectivity index (χ4n) is 3.01. The van der Waals surface area contributed by atoms with Gasteiger partial charge in [0.15, 0.2) is 0 Å². The van der Waals surface area contributed by atoms with E-state index in [1.54, 1.807) is 32.1 Å². The van der Waals surface area contributed by atoms with E-state index in [-0.39, 0.29) is 23.3 Å². The van der Waals surface area contributed by atoms with Gasteiger partial charge in [0.25, 0.3) is 0 Å². The number of nitrogens with one attached hydrogen (secondary N) is 3. The van der Waals surface area contributed by atoms with Gasteiger partial charge in [-0.25, -0.2) is 14.2 Å². The van der Waals surface area contributed by atoms with E-state index in [2.05, 4.69) is 27.7 Å².